The van der Waals surface area contributed by atoms with Gasteiger partial charge in [-0.3, -0.25) is 9.67 Å². The van der Waals surface area contributed by atoms with E-state index in [2.05, 4.69) is 42.2 Å². The lowest BCUT2D eigenvalue weighted by Crippen LogP contribution is -2.33. The van der Waals surface area contributed by atoms with Gasteiger partial charge in [-0.25, -0.2) is 9.78 Å². The number of hydrogen-bond donors (Lipinski definition) is 1. The summed E-state index contributed by atoms with van der Waals surface area (Å²) >= 11 is 3.47. The van der Waals surface area contributed by atoms with Gasteiger partial charge in [-0.15, -0.1) is 0 Å². The summed E-state index contributed by atoms with van der Waals surface area (Å²) in [5, 5.41) is 7.39. The predicted octanol–water partition coefficient (Wildman–Crippen LogP) is 5.51. The molecule has 3 aromatic rings. The molecule has 1 N–H and O–H groups in total. The van der Waals surface area contributed by atoms with Crippen molar-refractivity contribution < 1.29 is 9.53 Å². The van der Waals surface area contributed by atoms with Crippen molar-refractivity contribution in [2.45, 2.75) is 58.1 Å². The fourth-order valence-corrected chi connectivity index (χ4v) is 4.19. The summed E-state index contributed by atoms with van der Waals surface area (Å²) in [6.45, 7) is 6.26. The van der Waals surface area contributed by atoms with Crippen LogP contribution >= 0.6 is 15.9 Å². The Kier molecular flexibility index (Phi) is 6.27. The van der Waals surface area contributed by atoms with Gasteiger partial charge < -0.3 is 10.1 Å². The van der Waals surface area contributed by atoms with Gasteiger partial charge in [0, 0.05) is 22.8 Å². The van der Waals surface area contributed by atoms with Crippen LogP contribution in [0.1, 0.15) is 52.5 Å². The molecular formula is C23H28BrN5O2. The SMILES string of the molecule is CC(C)(C)OC(=O)NCCCC1CC(n2cc(-c3cnc4cc(Br)ccc4n3)cn2)C1. The molecule has 0 bridgehead atoms. The minimum atomic E-state index is -0.455. The van der Waals surface area contributed by atoms with Gasteiger partial charge in [0.15, 0.2) is 0 Å². The molecule has 31 heavy (non-hydrogen) atoms. The summed E-state index contributed by atoms with van der Waals surface area (Å²) in [7, 11) is 0. The second-order valence-corrected chi connectivity index (χ2v) is 10.1. The van der Waals surface area contributed by atoms with Crippen LogP contribution in [0.5, 0.6) is 0 Å². The summed E-state index contributed by atoms with van der Waals surface area (Å²) in [6, 6.07) is 6.34. The number of carbonyl (C=O) groups excluding carboxylic acids is 1. The van der Waals surface area contributed by atoms with Gasteiger partial charge >= 0.3 is 6.09 Å². The second kappa shape index (κ2) is 8.94. The molecule has 0 aliphatic heterocycles. The third-order valence-electron chi connectivity index (χ3n) is 5.44. The van der Waals surface area contributed by atoms with Crippen LogP contribution in [0.2, 0.25) is 0 Å². The molecule has 0 atom stereocenters. The van der Waals surface area contributed by atoms with Crippen molar-refractivity contribution in [1.29, 1.82) is 0 Å². The first-order chi connectivity index (χ1) is 14.8. The van der Waals surface area contributed by atoms with Crippen LogP contribution in [-0.2, 0) is 4.74 Å². The van der Waals surface area contributed by atoms with Crippen molar-refractivity contribution in [3.05, 3.63) is 41.3 Å². The first kappa shape index (κ1) is 21.7. The average molecular weight is 486 g/mol. The number of aromatic nitrogens is 4. The van der Waals surface area contributed by atoms with Crippen molar-refractivity contribution in [3.8, 4) is 11.3 Å². The van der Waals surface area contributed by atoms with E-state index in [4.69, 9.17) is 9.72 Å². The van der Waals surface area contributed by atoms with Gasteiger partial charge in [-0.2, -0.15) is 5.10 Å². The highest BCUT2D eigenvalue weighted by Crippen LogP contribution is 2.40. The van der Waals surface area contributed by atoms with Crippen molar-refractivity contribution in [2.75, 3.05) is 6.54 Å². The van der Waals surface area contributed by atoms with E-state index in [0.29, 0.717) is 18.5 Å². The number of hydrogen-bond acceptors (Lipinski definition) is 5. The van der Waals surface area contributed by atoms with E-state index in [1.165, 1.54) is 0 Å². The number of carbonyl (C=O) groups is 1. The zero-order chi connectivity index (χ0) is 22.0. The average Bonchev–Trinajstić information content (AvgIpc) is 3.14. The molecule has 1 aliphatic rings. The van der Waals surface area contributed by atoms with E-state index in [9.17, 15) is 4.79 Å². The Morgan fingerprint density at radius 3 is 2.84 bits per heavy atom. The maximum atomic E-state index is 11.7. The number of ether oxygens (including phenoxy) is 1. The molecule has 2 heterocycles. The fourth-order valence-electron chi connectivity index (χ4n) is 3.84. The summed E-state index contributed by atoms with van der Waals surface area (Å²) in [5.74, 6) is 0.678. The zero-order valence-electron chi connectivity index (χ0n) is 18.1. The van der Waals surface area contributed by atoms with Gasteiger partial charge in [0.2, 0.25) is 0 Å². The molecule has 0 unspecified atom stereocenters. The van der Waals surface area contributed by atoms with E-state index >= 15 is 0 Å². The molecular weight excluding hydrogens is 458 g/mol. The van der Waals surface area contributed by atoms with E-state index in [1.807, 2.05) is 45.2 Å². The maximum absolute atomic E-state index is 11.7. The minimum absolute atomic E-state index is 0.340. The van der Waals surface area contributed by atoms with Crippen molar-refractivity contribution in [1.82, 2.24) is 25.1 Å². The van der Waals surface area contributed by atoms with Gasteiger partial charge in [0.1, 0.15) is 5.60 Å². The summed E-state index contributed by atoms with van der Waals surface area (Å²) in [6.07, 6.45) is 9.70. The number of amides is 1. The second-order valence-electron chi connectivity index (χ2n) is 9.16. The van der Waals surface area contributed by atoms with Crippen LogP contribution in [0.3, 0.4) is 0 Å². The summed E-state index contributed by atoms with van der Waals surface area (Å²) in [4.78, 5) is 20.9. The fraction of sp³-hybridized carbons (Fsp3) is 0.478. The van der Waals surface area contributed by atoms with Gasteiger partial charge in [-0.1, -0.05) is 15.9 Å². The Balaban J connectivity index is 1.24. The first-order valence-electron chi connectivity index (χ1n) is 10.7. The zero-order valence-corrected chi connectivity index (χ0v) is 19.7. The van der Waals surface area contributed by atoms with Gasteiger partial charge in [-0.05, 0) is 70.6 Å². The third kappa shape index (κ3) is 5.61. The molecule has 0 saturated heterocycles. The van der Waals surface area contributed by atoms with Gasteiger partial charge in [0.25, 0.3) is 0 Å². The molecule has 4 rings (SSSR count). The molecule has 7 nitrogen and oxygen atoms in total. The van der Waals surface area contributed by atoms with Gasteiger partial charge in [0.05, 0.1) is 35.2 Å². The van der Waals surface area contributed by atoms with E-state index in [0.717, 1.165) is 52.4 Å². The minimum Gasteiger partial charge on any atom is -0.444 e. The monoisotopic (exact) mass is 485 g/mol. The van der Waals surface area contributed by atoms with E-state index in [1.54, 1.807) is 6.20 Å². The highest BCUT2D eigenvalue weighted by atomic mass is 79.9. The molecule has 164 valence electrons. The molecule has 1 amide bonds. The molecule has 1 saturated carbocycles. The van der Waals surface area contributed by atoms with E-state index < -0.39 is 5.60 Å². The normalized spacial score (nSPS) is 18.6. The predicted molar refractivity (Wildman–Crippen MR) is 124 cm³/mol. The molecule has 2 aromatic heterocycles. The quantitative estimate of drug-likeness (QED) is 0.465. The van der Waals surface area contributed by atoms with Crippen LogP contribution in [-0.4, -0.2) is 38.0 Å². The van der Waals surface area contributed by atoms with Crippen molar-refractivity contribution in [2.24, 2.45) is 5.92 Å². The molecule has 1 fully saturated rings. The van der Waals surface area contributed by atoms with Crippen molar-refractivity contribution in [3.63, 3.8) is 0 Å². The summed E-state index contributed by atoms with van der Waals surface area (Å²) in [5.41, 5.74) is 3.11. The maximum Gasteiger partial charge on any atom is 0.407 e. The molecule has 8 heteroatoms. The number of alkyl carbamates (subject to hydrolysis) is 1. The number of benzene rings is 1. The largest absolute Gasteiger partial charge is 0.444 e. The lowest BCUT2D eigenvalue weighted by atomic mass is 9.77. The lowest BCUT2D eigenvalue weighted by molar-refractivity contribution is 0.0524. The number of rotatable bonds is 6. The van der Waals surface area contributed by atoms with Crippen LogP contribution in [0, 0.1) is 5.92 Å². The van der Waals surface area contributed by atoms with Crippen LogP contribution in [0.4, 0.5) is 4.79 Å². The Labute approximate surface area is 190 Å². The van der Waals surface area contributed by atoms with Crippen LogP contribution < -0.4 is 5.32 Å². The third-order valence-corrected chi connectivity index (χ3v) is 5.94. The Hall–Kier alpha value is -2.48. The molecule has 0 radical (unpaired) electrons. The number of nitrogens with one attached hydrogen (secondary N) is 1. The lowest BCUT2D eigenvalue weighted by Gasteiger charge is -2.35. The first-order valence-corrected chi connectivity index (χ1v) is 11.5. The standard InChI is InChI=1S/C23H28BrN5O2/c1-23(2,3)31-22(30)25-8-4-5-15-9-18(10-15)29-14-16(12-27-29)21-13-26-20-11-17(24)6-7-19(20)28-21/h6-7,11-15,18H,4-5,8-10H2,1-3H3,(H,25,30). The molecule has 1 aromatic carbocycles. The highest BCUT2D eigenvalue weighted by Gasteiger charge is 2.30. The number of nitrogens with zero attached hydrogens (tertiary/aromatic N) is 4. The Bertz CT molecular complexity index is 1070. The number of fused-ring (bicyclic) bond motifs is 1. The summed E-state index contributed by atoms with van der Waals surface area (Å²) < 4.78 is 8.30. The Morgan fingerprint density at radius 1 is 1.26 bits per heavy atom. The van der Waals surface area contributed by atoms with Crippen LogP contribution in [0.25, 0.3) is 22.3 Å². The highest BCUT2D eigenvalue weighted by molar-refractivity contribution is 9.10. The topological polar surface area (TPSA) is 81.9 Å². The molecule has 1 aliphatic carbocycles. The molecule has 0 spiro atoms. The number of halogens is 1. The van der Waals surface area contributed by atoms with Crippen LogP contribution in [0.15, 0.2) is 41.3 Å². The van der Waals surface area contributed by atoms with Crippen molar-refractivity contribution >= 4 is 33.1 Å². The Morgan fingerprint density at radius 2 is 2.06 bits per heavy atom. The smallest absolute Gasteiger partial charge is 0.407 e. The van der Waals surface area contributed by atoms with E-state index in [-0.39, 0.29) is 6.09 Å².